The minimum absolute atomic E-state index is 0. The van der Waals surface area contributed by atoms with Gasteiger partial charge in [0.05, 0.1) is 0 Å². The second-order valence-corrected chi connectivity index (χ2v) is 13.8. The monoisotopic (exact) mass is 684 g/mol. The van der Waals surface area contributed by atoms with E-state index in [0.717, 1.165) is 57.2 Å². The van der Waals surface area contributed by atoms with E-state index < -0.39 is 0 Å². The number of nitrogens with zero attached hydrogens (tertiary/aromatic N) is 2. The van der Waals surface area contributed by atoms with Gasteiger partial charge < -0.3 is 9.13 Å². The molecule has 0 aliphatic heterocycles. The number of fused-ring (bicyclic) bond motifs is 6. The van der Waals surface area contributed by atoms with Crippen molar-refractivity contribution in [3.63, 3.8) is 0 Å². The van der Waals surface area contributed by atoms with Crippen LogP contribution in [0.15, 0.2) is 115 Å². The molecule has 0 amide bonds. The van der Waals surface area contributed by atoms with Crippen LogP contribution >= 0.6 is 0 Å². The fraction of sp³-hybridized carbons (Fsp3) is 0.208. The van der Waals surface area contributed by atoms with Crippen LogP contribution in [0.4, 0.5) is 0 Å². The van der Waals surface area contributed by atoms with Crippen LogP contribution in [-0.4, -0.2) is 20.7 Å². The molecule has 4 heteroatoms. The van der Waals surface area contributed by atoms with Crippen LogP contribution in [0.1, 0.15) is 80.9 Å². The Kier molecular flexibility index (Phi) is 10.0. The van der Waals surface area contributed by atoms with Crippen molar-refractivity contribution in [2.45, 2.75) is 69.0 Å². The van der Waals surface area contributed by atoms with E-state index in [1.165, 1.54) is 49.5 Å². The third-order valence-electron chi connectivity index (χ3n) is 10.1. The highest BCUT2D eigenvalue weighted by atomic mass is 16.1. The zero-order chi connectivity index (χ0) is 36.0. The maximum absolute atomic E-state index is 13.3. The maximum Gasteiger partial charge on any atom is 0.193 e. The largest absolute Gasteiger partial charge is 0.341 e. The quantitative estimate of drug-likeness (QED) is 0.164. The topological polar surface area (TPSA) is 44.0 Å². The van der Waals surface area contributed by atoms with Crippen LogP contribution in [0.25, 0.3) is 43.6 Å². The molecule has 4 nitrogen and oxygen atoms in total. The van der Waals surface area contributed by atoms with Crippen molar-refractivity contribution >= 4 is 55.2 Å². The first kappa shape index (κ1) is 36.1. The predicted octanol–water partition coefficient (Wildman–Crippen LogP) is 12.3. The Morgan fingerprint density at radius 1 is 0.442 bits per heavy atom. The number of ketones is 2. The smallest absolute Gasteiger partial charge is 0.193 e. The first-order valence-corrected chi connectivity index (χ1v) is 17.9. The van der Waals surface area contributed by atoms with Crippen molar-refractivity contribution in [2.75, 3.05) is 0 Å². The van der Waals surface area contributed by atoms with E-state index in [9.17, 15) is 9.59 Å². The molecule has 0 saturated carbocycles. The van der Waals surface area contributed by atoms with Gasteiger partial charge in [0, 0.05) is 79.0 Å². The Balaban J connectivity index is 0.000000176. The summed E-state index contributed by atoms with van der Waals surface area (Å²) in [5, 5.41) is 4.74. The standard InChI is InChI=1S/C25H25NO.C22H19NO.CH4/c1-6-26-22-9-7-15(2)13-20(22)21-14-19(8-10-23(21)26)25(27)24-17(4)11-16(3)12-18(24)5;1-3-23-20-11-9-15(2)13-18(20)19-14-17(10-12-21(19)23)22(24)16-7-5-4-6-8-16;/h7-14H,6H2,1-5H3;4-14H,3H2,1-2H3;1H4. The molecule has 0 aliphatic rings. The van der Waals surface area contributed by atoms with Gasteiger partial charge >= 0.3 is 0 Å². The second kappa shape index (κ2) is 14.5. The summed E-state index contributed by atoms with van der Waals surface area (Å²) in [6.45, 7) is 16.5. The molecular weight excluding hydrogens is 637 g/mol. The average molecular weight is 685 g/mol. The molecule has 0 fully saturated rings. The molecule has 0 radical (unpaired) electrons. The molecule has 0 N–H and O–H groups in total. The molecule has 0 spiro atoms. The lowest BCUT2D eigenvalue weighted by molar-refractivity contribution is 0.103. The molecule has 262 valence electrons. The van der Waals surface area contributed by atoms with Crippen LogP contribution < -0.4 is 0 Å². The molecule has 0 saturated heterocycles. The summed E-state index contributed by atoms with van der Waals surface area (Å²) in [5.41, 5.74) is 13.6. The van der Waals surface area contributed by atoms with Crippen molar-refractivity contribution in [2.24, 2.45) is 0 Å². The summed E-state index contributed by atoms with van der Waals surface area (Å²) in [4.78, 5) is 26.1. The molecule has 2 aromatic heterocycles. The number of aryl methyl sites for hydroxylation is 7. The Morgan fingerprint density at radius 2 is 0.846 bits per heavy atom. The van der Waals surface area contributed by atoms with E-state index in [0.29, 0.717) is 0 Å². The first-order chi connectivity index (χ1) is 24.6. The average Bonchev–Trinajstić information content (AvgIpc) is 3.61. The Labute approximate surface area is 307 Å². The van der Waals surface area contributed by atoms with E-state index in [1.807, 2.05) is 62.4 Å². The molecule has 0 atom stereocenters. The number of hydrogen-bond acceptors (Lipinski definition) is 2. The van der Waals surface area contributed by atoms with Gasteiger partial charge in [-0.25, -0.2) is 0 Å². The Hall–Kier alpha value is -5.74. The zero-order valence-corrected chi connectivity index (χ0v) is 30.6. The minimum atomic E-state index is 0. The molecule has 0 aliphatic carbocycles. The fourth-order valence-electron chi connectivity index (χ4n) is 7.84. The van der Waals surface area contributed by atoms with Gasteiger partial charge in [0.1, 0.15) is 0 Å². The summed E-state index contributed by atoms with van der Waals surface area (Å²) < 4.78 is 4.63. The molecule has 8 aromatic rings. The zero-order valence-electron chi connectivity index (χ0n) is 30.6. The van der Waals surface area contributed by atoms with Gasteiger partial charge in [-0.3, -0.25) is 9.59 Å². The molecule has 52 heavy (non-hydrogen) atoms. The van der Waals surface area contributed by atoms with Gasteiger partial charge in [-0.2, -0.15) is 0 Å². The van der Waals surface area contributed by atoms with Crippen molar-refractivity contribution < 1.29 is 9.59 Å². The highest BCUT2D eigenvalue weighted by Gasteiger charge is 2.18. The van der Waals surface area contributed by atoms with Crippen molar-refractivity contribution in [3.8, 4) is 0 Å². The van der Waals surface area contributed by atoms with Crippen LogP contribution in [0.3, 0.4) is 0 Å². The fourth-order valence-corrected chi connectivity index (χ4v) is 7.84. The number of rotatable bonds is 6. The third-order valence-corrected chi connectivity index (χ3v) is 10.1. The minimum Gasteiger partial charge on any atom is -0.341 e. The molecule has 8 rings (SSSR count). The Morgan fingerprint density at radius 3 is 1.29 bits per heavy atom. The lowest BCUT2D eigenvalue weighted by Gasteiger charge is -2.11. The number of carbonyl (C=O) groups is 2. The van der Waals surface area contributed by atoms with Crippen molar-refractivity contribution in [1.29, 1.82) is 0 Å². The van der Waals surface area contributed by atoms with Gasteiger partial charge in [-0.05, 0) is 120 Å². The molecular formula is C48H48N2O2. The van der Waals surface area contributed by atoms with Gasteiger partial charge in [0.2, 0.25) is 0 Å². The van der Waals surface area contributed by atoms with Crippen LogP contribution in [0.2, 0.25) is 0 Å². The first-order valence-electron chi connectivity index (χ1n) is 17.9. The van der Waals surface area contributed by atoms with Crippen LogP contribution in [-0.2, 0) is 13.1 Å². The second-order valence-electron chi connectivity index (χ2n) is 13.8. The molecule has 2 heterocycles. The van der Waals surface area contributed by atoms with Crippen molar-refractivity contribution in [1.82, 2.24) is 9.13 Å². The van der Waals surface area contributed by atoms with Gasteiger partial charge in [0.25, 0.3) is 0 Å². The molecule has 0 bridgehead atoms. The Bertz CT molecular complexity index is 2610. The summed E-state index contributed by atoms with van der Waals surface area (Å²) in [5.74, 6) is 0.180. The maximum atomic E-state index is 13.3. The summed E-state index contributed by atoms with van der Waals surface area (Å²) in [7, 11) is 0. The van der Waals surface area contributed by atoms with E-state index in [2.05, 4.69) is 110 Å². The summed E-state index contributed by atoms with van der Waals surface area (Å²) in [6, 6.07) is 38.9. The van der Waals surface area contributed by atoms with E-state index in [-0.39, 0.29) is 19.0 Å². The predicted molar refractivity (Wildman–Crippen MR) is 220 cm³/mol. The highest BCUT2D eigenvalue weighted by Crippen LogP contribution is 2.33. The van der Waals surface area contributed by atoms with E-state index >= 15 is 0 Å². The lowest BCUT2D eigenvalue weighted by Crippen LogP contribution is -2.07. The van der Waals surface area contributed by atoms with Crippen LogP contribution in [0, 0.1) is 34.6 Å². The van der Waals surface area contributed by atoms with E-state index in [4.69, 9.17) is 0 Å². The molecule has 0 unspecified atom stereocenters. The van der Waals surface area contributed by atoms with Gasteiger partial charge in [0.15, 0.2) is 11.6 Å². The SMILES string of the molecule is C.CCn1c2ccc(C)cc2c2cc(C(=O)c3c(C)cc(C)cc3C)ccc21.CCn1c2ccc(C)cc2c2cc(C(=O)c3ccccc3)ccc21. The van der Waals surface area contributed by atoms with Crippen LogP contribution in [0.5, 0.6) is 0 Å². The number of carbonyl (C=O) groups excluding carboxylic acids is 2. The summed E-state index contributed by atoms with van der Waals surface area (Å²) in [6.07, 6.45) is 0. The highest BCUT2D eigenvalue weighted by molar-refractivity contribution is 6.16. The summed E-state index contributed by atoms with van der Waals surface area (Å²) >= 11 is 0. The molecule has 6 aromatic carbocycles. The number of hydrogen-bond donors (Lipinski definition) is 0. The lowest BCUT2D eigenvalue weighted by atomic mass is 9.92. The van der Waals surface area contributed by atoms with Gasteiger partial charge in [-0.1, -0.05) is 78.7 Å². The number of aromatic nitrogens is 2. The normalized spacial score (nSPS) is 11.1. The number of benzene rings is 6. The van der Waals surface area contributed by atoms with Gasteiger partial charge in [-0.15, -0.1) is 0 Å². The van der Waals surface area contributed by atoms with Crippen molar-refractivity contribution in [3.05, 3.63) is 165 Å². The van der Waals surface area contributed by atoms with E-state index in [1.54, 1.807) is 0 Å². The third kappa shape index (κ3) is 6.34.